The van der Waals surface area contributed by atoms with Gasteiger partial charge >= 0.3 is 0 Å². The quantitative estimate of drug-likeness (QED) is 0.611. The Balaban J connectivity index is -0.0000000933. The topological polar surface area (TPSA) is 23.8 Å². The standard InChI is InChI=1S/C5H12.C2H3N.CH2Cl2/c1-3-5-4-2;1-2-3;2-1-3/h3-5H2,1-2H3;1H3;1H2. The molecule has 0 unspecified atom stereocenters. The molecule has 0 aromatic heterocycles. The van der Waals surface area contributed by atoms with E-state index in [9.17, 15) is 0 Å². The maximum atomic E-state index is 7.32. The van der Waals surface area contributed by atoms with Gasteiger partial charge in [-0.1, -0.05) is 33.1 Å². The fourth-order valence-corrected chi connectivity index (χ4v) is 0.354. The second-order valence-corrected chi connectivity index (χ2v) is 2.49. The van der Waals surface area contributed by atoms with Gasteiger partial charge in [-0.05, 0) is 0 Å². The van der Waals surface area contributed by atoms with Gasteiger partial charge in [0.15, 0.2) is 0 Å². The minimum Gasteiger partial charge on any atom is -0.199 e. The highest BCUT2D eigenvalue weighted by molar-refractivity contribution is 6.40. The van der Waals surface area contributed by atoms with E-state index < -0.39 is 0 Å². The van der Waals surface area contributed by atoms with Crippen molar-refractivity contribution in [1.29, 1.82) is 5.26 Å². The number of nitrogens with zero attached hydrogens (tertiary/aromatic N) is 1. The second kappa shape index (κ2) is 32.2. The van der Waals surface area contributed by atoms with Gasteiger partial charge in [0.2, 0.25) is 0 Å². The first kappa shape index (κ1) is 17.2. The van der Waals surface area contributed by atoms with E-state index in [0.717, 1.165) is 0 Å². The molecule has 0 heterocycles. The smallest absolute Gasteiger partial charge is 0.0967 e. The number of halogens is 2. The molecule has 0 spiro atoms. The molecule has 3 heteroatoms. The van der Waals surface area contributed by atoms with E-state index in [2.05, 4.69) is 13.8 Å². The molecule has 0 amide bonds. The summed E-state index contributed by atoms with van der Waals surface area (Å²) in [5.74, 6) is 0. The van der Waals surface area contributed by atoms with Crippen LogP contribution >= 0.6 is 23.2 Å². The van der Waals surface area contributed by atoms with Gasteiger partial charge in [0.25, 0.3) is 0 Å². The first-order valence-corrected chi connectivity index (χ1v) is 4.74. The molecule has 0 atom stereocenters. The second-order valence-electron chi connectivity index (χ2n) is 1.68. The zero-order valence-corrected chi connectivity index (χ0v) is 9.04. The molecule has 0 aliphatic heterocycles. The lowest BCUT2D eigenvalue weighted by Crippen LogP contribution is -1.59. The summed E-state index contributed by atoms with van der Waals surface area (Å²) in [4.78, 5) is 0. The molecule has 0 N–H and O–H groups in total. The molecule has 0 fully saturated rings. The van der Waals surface area contributed by atoms with Crippen molar-refractivity contribution in [2.75, 3.05) is 5.34 Å². The SMILES string of the molecule is CC#N.CCCCC.ClCCl. The summed E-state index contributed by atoms with van der Waals surface area (Å²) >= 11 is 9.53. The molecular formula is C8H17Cl2N. The van der Waals surface area contributed by atoms with Gasteiger partial charge in [0.05, 0.1) is 11.4 Å². The van der Waals surface area contributed by atoms with Crippen LogP contribution in [-0.2, 0) is 0 Å². The Morgan fingerprint density at radius 3 is 1.36 bits per heavy atom. The summed E-state index contributed by atoms with van der Waals surface area (Å²) in [7, 11) is 0. The van der Waals surface area contributed by atoms with Gasteiger partial charge in [0.1, 0.15) is 0 Å². The molecule has 0 bridgehead atoms. The molecule has 0 saturated heterocycles. The molecule has 0 rings (SSSR count). The summed E-state index contributed by atoms with van der Waals surface area (Å²) in [5, 5.41) is 7.51. The number of alkyl halides is 2. The highest BCUT2D eigenvalue weighted by Crippen LogP contribution is 1.88. The van der Waals surface area contributed by atoms with Crippen molar-refractivity contribution in [3.63, 3.8) is 0 Å². The molecule has 0 saturated carbocycles. The molecule has 0 aliphatic carbocycles. The van der Waals surface area contributed by atoms with Crippen LogP contribution in [0.2, 0.25) is 0 Å². The Hall–Kier alpha value is 0.0700. The third kappa shape index (κ3) is 153. The van der Waals surface area contributed by atoms with Crippen LogP contribution in [0.3, 0.4) is 0 Å². The Kier molecular flexibility index (Phi) is 50.5. The average molecular weight is 198 g/mol. The lowest BCUT2D eigenvalue weighted by Gasteiger charge is -1.79. The van der Waals surface area contributed by atoms with E-state index in [-0.39, 0.29) is 5.34 Å². The lowest BCUT2D eigenvalue weighted by atomic mass is 10.3. The normalized spacial score (nSPS) is 6.18. The van der Waals surface area contributed by atoms with Crippen molar-refractivity contribution in [1.82, 2.24) is 0 Å². The maximum Gasteiger partial charge on any atom is 0.0967 e. The Morgan fingerprint density at radius 2 is 1.36 bits per heavy atom. The van der Waals surface area contributed by atoms with Gasteiger partial charge in [-0.3, -0.25) is 0 Å². The van der Waals surface area contributed by atoms with Crippen LogP contribution in [0.1, 0.15) is 40.0 Å². The molecule has 1 nitrogen and oxygen atoms in total. The Morgan fingerprint density at radius 1 is 1.18 bits per heavy atom. The van der Waals surface area contributed by atoms with Crippen molar-refractivity contribution < 1.29 is 0 Å². The third-order valence-corrected chi connectivity index (χ3v) is 0.707. The van der Waals surface area contributed by atoms with E-state index in [1.54, 1.807) is 6.07 Å². The fourth-order valence-electron chi connectivity index (χ4n) is 0.354. The van der Waals surface area contributed by atoms with E-state index in [0.29, 0.717) is 0 Å². The van der Waals surface area contributed by atoms with Gasteiger partial charge in [-0.15, -0.1) is 23.2 Å². The number of hydrogen-bond donors (Lipinski definition) is 0. The van der Waals surface area contributed by atoms with Gasteiger partial charge in [-0.2, -0.15) is 5.26 Å². The van der Waals surface area contributed by atoms with Crippen LogP contribution in [0.4, 0.5) is 0 Å². The predicted molar refractivity (Wildman–Crippen MR) is 53.1 cm³/mol. The van der Waals surface area contributed by atoms with Crippen molar-refractivity contribution in [3.05, 3.63) is 0 Å². The minimum absolute atomic E-state index is 0.194. The van der Waals surface area contributed by atoms with Crippen molar-refractivity contribution >= 4 is 23.2 Å². The molecule has 68 valence electrons. The summed E-state index contributed by atoms with van der Waals surface area (Å²) in [6, 6.07) is 1.75. The van der Waals surface area contributed by atoms with Crippen molar-refractivity contribution in [2.24, 2.45) is 0 Å². The molecular weight excluding hydrogens is 181 g/mol. The minimum atomic E-state index is 0.194. The van der Waals surface area contributed by atoms with Gasteiger partial charge in [-0.25, -0.2) is 0 Å². The fraction of sp³-hybridized carbons (Fsp3) is 0.875. The monoisotopic (exact) mass is 197 g/mol. The lowest BCUT2D eigenvalue weighted by molar-refractivity contribution is 0.772. The number of rotatable bonds is 2. The van der Waals surface area contributed by atoms with E-state index >= 15 is 0 Å². The highest BCUT2D eigenvalue weighted by atomic mass is 35.5. The maximum absolute atomic E-state index is 7.32. The predicted octanol–water partition coefficient (Wildman–Crippen LogP) is 4.15. The number of unbranched alkanes of at least 4 members (excludes halogenated alkanes) is 2. The van der Waals surface area contributed by atoms with Crippen LogP contribution in [-0.4, -0.2) is 5.34 Å². The summed E-state index contributed by atoms with van der Waals surface area (Å²) < 4.78 is 0. The Bertz CT molecular complexity index is 67.0. The average Bonchev–Trinajstić information content (AvgIpc) is 1.92. The summed E-state index contributed by atoms with van der Waals surface area (Å²) in [6.45, 7) is 5.85. The first-order valence-electron chi connectivity index (χ1n) is 3.67. The van der Waals surface area contributed by atoms with Crippen LogP contribution in [0.25, 0.3) is 0 Å². The molecule has 0 aromatic rings. The molecule has 0 aromatic carbocycles. The molecule has 0 aliphatic rings. The third-order valence-electron chi connectivity index (χ3n) is 0.707. The van der Waals surface area contributed by atoms with Crippen molar-refractivity contribution in [2.45, 2.75) is 40.0 Å². The zero-order chi connectivity index (χ0) is 9.54. The highest BCUT2D eigenvalue weighted by Gasteiger charge is 1.68. The van der Waals surface area contributed by atoms with E-state index in [1.165, 1.54) is 26.2 Å². The van der Waals surface area contributed by atoms with E-state index in [4.69, 9.17) is 28.5 Å². The zero-order valence-electron chi connectivity index (χ0n) is 7.53. The van der Waals surface area contributed by atoms with Gasteiger partial charge in [0, 0.05) is 6.92 Å². The van der Waals surface area contributed by atoms with Crippen molar-refractivity contribution in [3.8, 4) is 6.07 Å². The molecule has 0 radical (unpaired) electrons. The molecule has 11 heavy (non-hydrogen) atoms. The number of nitriles is 1. The van der Waals surface area contributed by atoms with Crippen LogP contribution in [0.15, 0.2) is 0 Å². The summed E-state index contributed by atoms with van der Waals surface area (Å²) in [5.41, 5.74) is 0. The summed E-state index contributed by atoms with van der Waals surface area (Å²) in [6.07, 6.45) is 4.08. The largest absolute Gasteiger partial charge is 0.199 e. The first-order chi connectivity index (χ1) is 5.24. The number of hydrogen-bond acceptors (Lipinski definition) is 1. The van der Waals surface area contributed by atoms with Crippen LogP contribution in [0.5, 0.6) is 0 Å². The Labute approximate surface area is 80.3 Å². The van der Waals surface area contributed by atoms with E-state index in [1.807, 2.05) is 0 Å². The van der Waals surface area contributed by atoms with Crippen LogP contribution < -0.4 is 0 Å². The van der Waals surface area contributed by atoms with Crippen LogP contribution in [0, 0.1) is 11.3 Å². The van der Waals surface area contributed by atoms with Gasteiger partial charge < -0.3 is 0 Å².